The van der Waals surface area contributed by atoms with Crippen molar-refractivity contribution in [3.05, 3.63) is 23.8 Å². The quantitative estimate of drug-likeness (QED) is 0.729. The van der Waals surface area contributed by atoms with Gasteiger partial charge in [-0.25, -0.2) is 0 Å². The molecule has 0 spiro atoms. The second-order valence-electron chi connectivity index (χ2n) is 7.99. The largest absolute Gasteiger partial charge is 0.370 e. The van der Waals surface area contributed by atoms with E-state index < -0.39 is 0 Å². The zero-order chi connectivity index (χ0) is 16.5. The molecule has 0 aromatic rings. The van der Waals surface area contributed by atoms with Gasteiger partial charge < -0.3 is 4.74 Å². The Bertz CT molecular complexity index is 472. The van der Waals surface area contributed by atoms with E-state index in [1.54, 1.807) is 0 Å². The molecule has 0 heterocycles. The lowest BCUT2D eigenvalue weighted by Crippen LogP contribution is -2.40. The molecule has 2 nitrogen and oxygen atoms in total. The van der Waals surface area contributed by atoms with Crippen LogP contribution in [0.25, 0.3) is 0 Å². The van der Waals surface area contributed by atoms with E-state index in [1.807, 2.05) is 13.8 Å². The third-order valence-corrected chi connectivity index (χ3v) is 5.92. The second kappa shape index (κ2) is 6.70. The van der Waals surface area contributed by atoms with Crippen LogP contribution in [0.15, 0.2) is 23.8 Å². The molecule has 22 heavy (non-hydrogen) atoms. The summed E-state index contributed by atoms with van der Waals surface area (Å²) in [5.41, 5.74) is 1.14. The van der Waals surface area contributed by atoms with E-state index in [1.165, 1.54) is 5.57 Å². The van der Waals surface area contributed by atoms with Gasteiger partial charge in [0.25, 0.3) is 0 Å². The fraction of sp³-hybridized carbons (Fsp3) is 0.750. The van der Waals surface area contributed by atoms with Crippen LogP contribution in [0.2, 0.25) is 0 Å². The highest BCUT2D eigenvalue weighted by Gasteiger charge is 2.38. The molecule has 0 aliphatic heterocycles. The maximum absolute atomic E-state index is 12.4. The first kappa shape index (κ1) is 17.5. The Morgan fingerprint density at radius 2 is 2.00 bits per heavy atom. The van der Waals surface area contributed by atoms with Gasteiger partial charge in [-0.3, -0.25) is 4.79 Å². The first-order valence-electron chi connectivity index (χ1n) is 8.81. The molecule has 0 bridgehead atoms. The zero-order valence-electron chi connectivity index (χ0n) is 15.1. The van der Waals surface area contributed by atoms with Crippen LogP contribution in [-0.2, 0) is 9.53 Å². The molecule has 2 aliphatic carbocycles. The molecule has 2 rings (SSSR count). The average Bonchev–Trinajstić information content (AvgIpc) is 2.47. The van der Waals surface area contributed by atoms with Crippen LogP contribution >= 0.6 is 0 Å². The van der Waals surface area contributed by atoms with Crippen LogP contribution < -0.4 is 0 Å². The van der Waals surface area contributed by atoms with E-state index in [2.05, 4.69) is 45.9 Å². The number of fused-ring (bicyclic) bond motifs is 1. The molecule has 0 aromatic heterocycles. The Hall–Kier alpha value is -0.890. The summed E-state index contributed by atoms with van der Waals surface area (Å²) in [4.78, 5) is 12.4. The molecule has 5 unspecified atom stereocenters. The topological polar surface area (TPSA) is 26.3 Å². The molecule has 0 fully saturated rings. The summed E-state index contributed by atoms with van der Waals surface area (Å²) in [7, 11) is 0. The molecular formula is C20H32O2. The maximum Gasteiger partial charge on any atom is 0.164 e. The SMILES string of the molecule is CCC(C)(C)C(=O)COC1CC(C)C=C2C=CC(C)C(C)C21. The Morgan fingerprint density at radius 1 is 1.32 bits per heavy atom. The number of ketones is 1. The van der Waals surface area contributed by atoms with Crippen LogP contribution in [0.3, 0.4) is 0 Å². The lowest BCUT2D eigenvalue weighted by Gasteiger charge is -2.42. The van der Waals surface area contributed by atoms with Crippen molar-refractivity contribution in [3.8, 4) is 0 Å². The summed E-state index contributed by atoms with van der Waals surface area (Å²) in [6.45, 7) is 13.2. The fourth-order valence-electron chi connectivity index (χ4n) is 3.56. The number of hydrogen-bond donors (Lipinski definition) is 0. The number of ether oxygens (including phenoxy) is 1. The summed E-state index contributed by atoms with van der Waals surface area (Å²) < 4.78 is 6.17. The summed E-state index contributed by atoms with van der Waals surface area (Å²) in [5.74, 6) is 2.34. The zero-order valence-corrected chi connectivity index (χ0v) is 15.1. The van der Waals surface area contributed by atoms with Crippen molar-refractivity contribution in [2.75, 3.05) is 6.61 Å². The van der Waals surface area contributed by atoms with Gasteiger partial charge in [0.2, 0.25) is 0 Å². The van der Waals surface area contributed by atoms with E-state index in [0.717, 1.165) is 12.8 Å². The fourth-order valence-corrected chi connectivity index (χ4v) is 3.56. The molecule has 0 radical (unpaired) electrons. The third-order valence-electron chi connectivity index (χ3n) is 5.92. The molecule has 2 heteroatoms. The normalized spacial score (nSPS) is 35.0. The maximum atomic E-state index is 12.4. The van der Waals surface area contributed by atoms with Crippen LogP contribution in [0.4, 0.5) is 0 Å². The minimum absolute atomic E-state index is 0.175. The lowest BCUT2D eigenvalue weighted by atomic mass is 9.67. The van der Waals surface area contributed by atoms with Crippen molar-refractivity contribution < 1.29 is 9.53 Å². The van der Waals surface area contributed by atoms with E-state index in [-0.39, 0.29) is 23.9 Å². The van der Waals surface area contributed by atoms with Gasteiger partial charge in [0.05, 0.1) is 6.10 Å². The van der Waals surface area contributed by atoms with Gasteiger partial charge in [0.1, 0.15) is 6.61 Å². The van der Waals surface area contributed by atoms with Gasteiger partial charge in [-0.1, -0.05) is 59.8 Å². The van der Waals surface area contributed by atoms with Crippen molar-refractivity contribution in [3.63, 3.8) is 0 Å². The summed E-state index contributed by atoms with van der Waals surface area (Å²) in [5, 5.41) is 0. The molecule has 0 saturated heterocycles. The molecule has 0 amide bonds. The highest BCUT2D eigenvalue weighted by Crippen LogP contribution is 2.42. The van der Waals surface area contributed by atoms with Crippen LogP contribution in [0.1, 0.15) is 54.4 Å². The van der Waals surface area contributed by atoms with Gasteiger partial charge >= 0.3 is 0 Å². The predicted octanol–water partition coefficient (Wildman–Crippen LogP) is 4.80. The number of carbonyl (C=O) groups is 1. The minimum atomic E-state index is -0.273. The van der Waals surface area contributed by atoms with E-state index >= 15 is 0 Å². The van der Waals surface area contributed by atoms with Gasteiger partial charge in [0.15, 0.2) is 5.78 Å². The first-order valence-corrected chi connectivity index (χ1v) is 8.81. The second-order valence-corrected chi connectivity index (χ2v) is 7.99. The average molecular weight is 304 g/mol. The molecule has 0 saturated carbocycles. The Morgan fingerprint density at radius 3 is 2.64 bits per heavy atom. The lowest BCUT2D eigenvalue weighted by molar-refractivity contribution is -0.136. The standard InChI is InChI=1S/C20H32O2/c1-7-20(5,6)18(21)12-22-17-11-13(2)10-16-9-8-14(3)15(4)19(16)17/h8-10,13-15,17,19H,7,11-12H2,1-6H3. The van der Waals surface area contributed by atoms with E-state index in [4.69, 9.17) is 4.74 Å². The first-order chi connectivity index (χ1) is 10.3. The summed E-state index contributed by atoms with van der Waals surface area (Å²) >= 11 is 0. The third kappa shape index (κ3) is 3.53. The molecule has 2 aliphatic rings. The molecule has 0 N–H and O–H groups in total. The summed E-state index contributed by atoms with van der Waals surface area (Å²) in [6.07, 6.45) is 9.04. The van der Waals surface area contributed by atoms with Crippen molar-refractivity contribution >= 4 is 5.78 Å². The van der Waals surface area contributed by atoms with Gasteiger partial charge in [-0.05, 0) is 36.2 Å². The van der Waals surface area contributed by atoms with Crippen LogP contribution in [0.5, 0.6) is 0 Å². The van der Waals surface area contributed by atoms with Crippen molar-refractivity contribution in [1.82, 2.24) is 0 Å². The van der Waals surface area contributed by atoms with Crippen molar-refractivity contribution in [2.45, 2.75) is 60.5 Å². The van der Waals surface area contributed by atoms with Gasteiger partial charge in [-0.2, -0.15) is 0 Å². The van der Waals surface area contributed by atoms with Gasteiger partial charge in [0, 0.05) is 11.3 Å². The molecule has 124 valence electrons. The highest BCUT2D eigenvalue weighted by atomic mass is 16.5. The van der Waals surface area contributed by atoms with Crippen molar-refractivity contribution in [1.29, 1.82) is 0 Å². The molecule has 0 aromatic carbocycles. The van der Waals surface area contributed by atoms with Gasteiger partial charge in [-0.15, -0.1) is 0 Å². The Kier molecular flexibility index (Phi) is 5.32. The number of hydrogen-bond acceptors (Lipinski definition) is 2. The summed E-state index contributed by atoms with van der Waals surface area (Å²) in [6, 6.07) is 0. The van der Waals surface area contributed by atoms with Crippen LogP contribution in [-0.4, -0.2) is 18.5 Å². The smallest absolute Gasteiger partial charge is 0.164 e. The Labute approximate surface area is 136 Å². The van der Waals surface area contributed by atoms with Crippen LogP contribution in [0, 0.1) is 29.1 Å². The number of Topliss-reactive ketones (excluding diaryl/α,β-unsaturated/α-hetero) is 1. The molecular weight excluding hydrogens is 272 g/mol. The van der Waals surface area contributed by atoms with E-state index in [9.17, 15) is 4.79 Å². The van der Waals surface area contributed by atoms with E-state index in [0.29, 0.717) is 23.7 Å². The Balaban J connectivity index is 2.09. The number of rotatable bonds is 5. The number of carbonyl (C=O) groups excluding carboxylic acids is 1. The minimum Gasteiger partial charge on any atom is -0.370 e. The highest BCUT2D eigenvalue weighted by molar-refractivity contribution is 5.85. The monoisotopic (exact) mass is 304 g/mol. The number of allylic oxidation sites excluding steroid dienone is 3. The predicted molar refractivity (Wildman–Crippen MR) is 91.6 cm³/mol. The molecule has 5 atom stereocenters. The van der Waals surface area contributed by atoms with Crippen molar-refractivity contribution in [2.24, 2.45) is 29.1 Å².